The highest BCUT2D eigenvalue weighted by molar-refractivity contribution is 6.03. The molecule has 1 N–H and O–H groups in total. The van der Waals surface area contributed by atoms with Crippen LogP contribution in [0.5, 0.6) is 0 Å². The Balaban J connectivity index is 1.35. The molecule has 1 fully saturated rings. The van der Waals surface area contributed by atoms with Gasteiger partial charge in [-0.3, -0.25) is 4.79 Å². The first kappa shape index (κ1) is 18.3. The summed E-state index contributed by atoms with van der Waals surface area (Å²) in [5.74, 6) is 1.02. The summed E-state index contributed by atoms with van der Waals surface area (Å²) in [4.78, 5) is 33.8. The van der Waals surface area contributed by atoms with E-state index in [-0.39, 0.29) is 5.91 Å². The zero-order valence-corrected chi connectivity index (χ0v) is 15.6. The molecule has 144 valence electrons. The molecule has 0 radical (unpaired) electrons. The molecule has 0 unspecified atom stereocenters. The van der Waals surface area contributed by atoms with Crippen molar-refractivity contribution in [2.45, 2.75) is 0 Å². The Morgan fingerprint density at radius 1 is 0.897 bits per heavy atom. The normalized spacial score (nSPS) is 13.6. The molecule has 3 heterocycles. The highest BCUT2D eigenvalue weighted by Crippen LogP contribution is 2.15. The van der Waals surface area contributed by atoms with Crippen LogP contribution >= 0.6 is 0 Å². The van der Waals surface area contributed by atoms with Crippen molar-refractivity contribution >= 4 is 23.5 Å². The van der Waals surface area contributed by atoms with Crippen LogP contribution in [0.25, 0.3) is 0 Å². The Morgan fingerprint density at radius 3 is 2.00 bits per heavy atom. The van der Waals surface area contributed by atoms with Crippen molar-refractivity contribution < 1.29 is 4.79 Å². The smallest absolute Gasteiger partial charge is 0.258 e. The van der Waals surface area contributed by atoms with Crippen LogP contribution in [-0.2, 0) is 0 Å². The molecule has 1 saturated heterocycles. The quantitative estimate of drug-likeness (QED) is 0.721. The minimum Gasteiger partial charge on any atom is -0.337 e. The molecule has 9 heteroatoms. The third-order valence-electron chi connectivity index (χ3n) is 4.57. The maximum absolute atomic E-state index is 12.4. The molecule has 0 aliphatic carbocycles. The predicted octanol–water partition coefficient (Wildman–Crippen LogP) is 1.72. The second-order valence-corrected chi connectivity index (χ2v) is 6.44. The van der Waals surface area contributed by atoms with Gasteiger partial charge >= 0.3 is 0 Å². The van der Waals surface area contributed by atoms with Crippen molar-refractivity contribution in [2.75, 3.05) is 41.3 Å². The van der Waals surface area contributed by atoms with Gasteiger partial charge in [-0.2, -0.15) is 5.26 Å². The van der Waals surface area contributed by atoms with Gasteiger partial charge in [0, 0.05) is 56.7 Å². The van der Waals surface area contributed by atoms with E-state index >= 15 is 0 Å². The average molecular weight is 386 g/mol. The molecular formula is C20H18N8O. The number of anilines is 3. The Kier molecular flexibility index (Phi) is 5.25. The standard InChI is InChI=1S/C20H18N8O/c21-12-15-2-4-17(5-3-15)26-18(29)16-13-24-20(25-14-16)28-10-8-27(9-11-28)19-22-6-1-7-23-19/h1-7,13-14H,8-11H2,(H,26,29). The molecule has 0 atom stereocenters. The molecule has 2 aromatic heterocycles. The zero-order valence-electron chi connectivity index (χ0n) is 15.6. The second-order valence-electron chi connectivity index (χ2n) is 6.44. The molecule has 3 aromatic rings. The Labute approximate surface area is 167 Å². The third-order valence-corrected chi connectivity index (χ3v) is 4.57. The van der Waals surface area contributed by atoms with Gasteiger partial charge in [-0.15, -0.1) is 0 Å². The van der Waals surface area contributed by atoms with Crippen LogP contribution in [-0.4, -0.2) is 52.0 Å². The van der Waals surface area contributed by atoms with Gasteiger partial charge in [0.1, 0.15) is 0 Å². The summed E-state index contributed by atoms with van der Waals surface area (Å²) in [6, 6.07) is 10.5. The molecule has 0 saturated carbocycles. The van der Waals surface area contributed by atoms with Crippen LogP contribution in [0.2, 0.25) is 0 Å². The number of carbonyl (C=O) groups is 1. The van der Waals surface area contributed by atoms with Crippen molar-refractivity contribution in [3.8, 4) is 6.07 Å². The summed E-state index contributed by atoms with van der Waals surface area (Å²) in [6.07, 6.45) is 6.51. The third kappa shape index (κ3) is 4.27. The van der Waals surface area contributed by atoms with Gasteiger partial charge in [-0.1, -0.05) is 0 Å². The predicted molar refractivity (Wildman–Crippen MR) is 108 cm³/mol. The topological polar surface area (TPSA) is 111 Å². The van der Waals surface area contributed by atoms with Crippen molar-refractivity contribution in [3.63, 3.8) is 0 Å². The Bertz CT molecular complexity index is 1010. The number of nitrogens with one attached hydrogen (secondary N) is 1. The summed E-state index contributed by atoms with van der Waals surface area (Å²) >= 11 is 0. The van der Waals surface area contributed by atoms with Gasteiger partial charge in [0.25, 0.3) is 5.91 Å². The zero-order chi connectivity index (χ0) is 20.1. The lowest BCUT2D eigenvalue weighted by atomic mass is 10.2. The summed E-state index contributed by atoms with van der Waals surface area (Å²) in [6.45, 7) is 3.03. The van der Waals surface area contributed by atoms with Crippen LogP contribution in [0, 0.1) is 11.3 Å². The lowest BCUT2D eigenvalue weighted by Crippen LogP contribution is -2.47. The number of benzene rings is 1. The summed E-state index contributed by atoms with van der Waals surface area (Å²) in [5, 5.41) is 11.6. The number of amides is 1. The molecule has 0 spiro atoms. The number of hydrogen-bond acceptors (Lipinski definition) is 8. The fourth-order valence-corrected chi connectivity index (χ4v) is 2.99. The number of rotatable bonds is 4. The number of nitrogens with zero attached hydrogens (tertiary/aromatic N) is 7. The van der Waals surface area contributed by atoms with Gasteiger partial charge in [0.05, 0.1) is 17.2 Å². The molecule has 1 amide bonds. The van der Waals surface area contributed by atoms with E-state index in [9.17, 15) is 4.79 Å². The van der Waals surface area contributed by atoms with Crippen LogP contribution in [0.1, 0.15) is 15.9 Å². The second kappa shape index (κ2) is 8.31. The number of nitriles is 1. The van der Waals surface area contributed by atoms with Crippen molar-refractivity contribution in [1.29, 1.82) is 5.26 Å². The van der Waals surface area contributed by atoms with Gasteiger partial charge in [0.2, 0.25) is 11.9 Å². The van der Waals surface area contributed by atoms with Crippen LogP contribution in [0.15, 0.2) is 55.1 Å². The van der Waals surface area contributed by atoms with Gasteiger partial charge < -0.3 is 15.1 Å². The van der Waals surface area contributed by atoms with Gasteiger partial charge in [0.15, 0.2) is 0 Å². The highest BCUT2D eigenvalue weighted by Gasteiger charge is 2.20. The van der Waals surface area contributed by atoms with Gasteiger partial charge in [-0.05, 0) is 30.3 Å². The van der Waals surface area contributed by atoms with Crippen molar-refractivity contribution in [1.82, 2.24) is 19.9 Å². The Morgan fingerprint density at radius 2 is 1.45 bits per heavy atom. The molecule has 4 rings (SSSR count). The van der Waals surface area contributed by atoms with E-state index in [1.54, 1.807) is 42.7 Å². The molecule has 29 heavy (non-hydrogen) atoms. The number of carbonyl (C=O) groups excluding carboxylic acids is 1. The summed E-state index contributed by atoms with van der Waals surface area (Å²) in [5.41, 5.74) is 1.52. The average Bonchev–Trinajstić information content (AvgIpc) is 2.80. The number of piperazine rings is 1. The van der Waals surface area contributed by atoms with Crippen LogP contribution < -0.4 is 15.1 Å². The lowest BCUT2D eigenvalue weighted by molar-refractivity contribution is 0.102. The molecular weight excluding hydrogens is 368 g/mol. The lowest BCUT2D eigenvalue weighted by Gasteiger charge is -2.34. The SMILES string of the molecule is N#Cc1ccc(NC(=O)c2cnc(N3CCN(c4ncccn4)CC3)nc2)cc1. The molecule has 9 nitrogen and oxygen atoms in total. The van der Waals surface area contributed by atoms with E-state index in [1.807, 2.05) is 6.07 Å². The first-order valence-corrected chi connectivity index (χ1v) is 9.13. The van der Waals surface area contributed by atoms with E-state index in [1.165, 1.54) is 12.4 Å². The number of hydrogen-bond donors (Lipinski definition) is 1. The summed E-state index contributed by atoms with van der Waals surface area (Å²) in [7, 11) is 0. The van der Waals surface area contributed by atoms with Crippen LogP contribution in [0.3, 0.4) is 0 Å². The maximum atomic E-state index is 12.4. The van der Waals surface area contributed by atoms with E-state index in [0.29, 0.717) is 22.8 Å². The van der Waals surface area contributed by atoms with E-state index in [2.05, 4.69) is 35.1 Å². The van der Waals surface area contributed by atoms with Gasteiger partial charge in [-0.25, -0.2) is 19.9 Å². The monoisotopic (exact) mass is 386 g/mol. The maximum Gasteiger partial charge on any atom is 0.258 e. The fourth-order valence-electron chi connectivity index (χ4n) is 2.99. The number of aromatic nitrogens is 4. The molecule has 1 aromatic carbocycles. The first-order valence-electron chi connectivity index (χ1n) is 9.13. The van der Waals surface area contributed by atoms with E-state index in [4.69, 9.17) is 5.26 Å². The fraction of sp³-hybridized carbons (Fsp3) is 0.200. The minimum absolute atomic E-state index is 0.299. The van der Waals surface area contributed by atoms with Crippen molar-refractivity contribution in [2.24, 2.45) is 0 Å². The molecule has 1 aliphatic heterocycles. The molecule has 1 aliphatic rings. The highest BCUT2D eigenvalue weighted by atomic mass is 16.1. The van der Waals surface area contributed by atoms with E-state index in [0.717, 1.165) is 32.1 Å². The van der Waals surface area contributed by atoms with Crippen molar-refractivity contribution in [3.05, 3.63) is 66.2 Å². The largest absolute Gasteiger partial charge is 0.337 e. The Hall–Kier alpha value is -4.06. The molecule has 0 bridgehead atoms. The van der Waals surface area contributed by atoms with Crippen LogP contribution in [0.4, 0.5) is 17.6 Å². The van der Waals surface area contributed by atoms with E-state index < -0.39 is 0 Å². The summed E-state index contributed by atoms with van der Waals surface area (Å²) < 4.78 is 0. The minimum atomic E-state index is -0.299. The first-order chi connectivity index (χ1) is 14.2.